The van der Waals surface area contributed by atoms with Crippen molar-refractivity contribution in [1.29, 1.82) is 0 Å². The zero-order valence-electron chi connectivity index (χ0n) is 14.3. The molecular weight excluding hydrogens is 342 g/mol. The van der Waals surface area contributed by atoms with E-state index in [4.69, 9.17) is 0 Å². The zero-order valence-corrected chi connectivity index (χ0v) is 14.3. The SMILES string of the molecule is Cc1ccccc1C1(C)NC(=O)N(Cc2cccc(OC(F)F)c2)C1=O. The number of carbonyl (C=O) groups excluding carboxylic acids is 2. The van der Waals surface area contributed by atoms with Gasteiger partial charge in [0, 0.05) is 0 Å². The molecule has 0 aromatic heterocycles. The van der Waals surface area contributed by atoms with Gasteiger partial charge in [-0.2, -0.15) is 8.78 Å². The molecule has 5 nitrogen and oxygen atoms in total. The molecule has 3 amide bonds. The number of halogens is 2. The van der Waals surface area contributed by atoms with Gasteiger partial charge in [-0.25, -0.2) is 4.79 Å². The van der Waals surface area contributed by atoms with Gasteiger partial charge in [-0.1, -0.05) is 36.4 Å². The Hall–Kier alpha value is -2.96. The van der Waals surface area contributed by atoms with Crippen LogP contribution in [0.4, 0.5) is 13.6 Å². The number of rotatable bonds is 5. The maximum atomic E-state index is 12.9. The molecule has 0 spiro atoms. The highest BCUT2D eigenvalue weighted by Crippen LogP contribution is 2.32. The minimum absolute atomic E-state index is 0.0220. The van der Waals surface area contributed by atoms with E-state index >= 15 is 0 Å². The molecule has 1 aliphatic rings. The van der Waals surface area contributed by atoms with E-state index in [0.29, 0.717) is 5.56 Å². The largest absolute Gasteiger partial charge is 0.435 e. The molecule has 3 rings (SSSR count). The third kappa shape index (κ3) is 3.24. The number of aryl methyl sites for hydroxylation is 1. The van der Waals surface area contributed by atoms with Gasteiger partial charge in [-0.05, 0) is 42.7 Å². The third-order valence-corrected chi connectivity index (χ3v) is 4.42. The fraction of sp³-hybridized carbons (Fsp3) is 0.263. The lowest BCUT2D eigenvalue weighted by atomic mass is 9.88. The van der Waals surface area contributed by atoms with Crippen molar-refractivity contribution in [2.24, 2.45) is 0 Å². The number of urea groups is 1. The molecule has 7 heteroatoms. The summed E-state index contributed by atoms with van der Waals surface area (Å²) in [5.41, 5.74) is 0.952. The van der Waals surface area contributed by atoms with Gasteiger partial charge in [0.25, 0.3) is 5.91 Å². The predicted octanol–water partition coefficient (Wildman–Crippen LogP) is 3.56. The van der Waals surface area contributed by atoms with Crippen molar-refractivity contribution in [3.05, 3.63) is 65.2 Å². The molecule has 1 aliphatic heterocycles. The summed E-state index contributed by atoms with van der Waals surface area (Å²) in [6, 6.07) is 12.8. The van der Waals surface area contributed by atoms with Crippen LogP contribution in [-0.4, -0.2) is 23.4 Å². The van der Waals surface area contributed by atoms with Crippen molar-refractivity contribution in [3.8, 4) is 5.75 Å². The van der Waals surface area contributed by atoms with Crippen molar-refractivity contribution in [1.82, 2.24) is 10.2 Å². The van der Waals surface area contributed by atoms with Crippen LogP contribution in [0.1, 0.15) is 23.6 Å². The number of hydrogen-bond acceptors (Lipinski definition) is 3. The predicted molar refractivity (Wildman–Crippen MR) is 90.7 cm³/mol. The quantitative estimate of drug-likeness (QED) is 0.830. The summed E-state index contributed by atoms with van der Waals surface area (Å²) in [7, 11) is 0. The van der Waals surface area contributed by atoms with Crippen molar-refractivity contribution in [2.75, 3.05) is 0 Å². The van der Waals surface area contributed by atoms with Crippen LogP contribution in [-0.2, 0) is 16.9 Å². The van der Waals surface area contributed by atoms with Gasteiger partial charge < -0.3 is 10.1 Å². The molecule has 1 fully saturated rings. The van der Waals surface area contributed by atoms with Crippen LogP contribution in [0.2, 0.25) is 0 Å². The number of alkyl halides is 2. The Bertz CT molecular complexity index is 856. The van der Waals surface area contributed by atoms with E-state index in [0.717, 1.165) is 16.0 Å². The number of carbonyl (C=O) groups is 2. The lowest BCUT2D eigenvalue weighted by molar-refractivity contribution is -0.131. The van der Waals surface area contributed by atoms with E-state index in [2.05, 4.69) is 10.1 Å². The molecule has 0 bridgehead atoms. The van der Waals surface area contributed by atoms with Gasteiger partial charge in [0.2, 0.25) is 0 Å². The Kier molecular flexibility index (Phi) is 4.63. The standard InChI is InChI=1S/C19H18F2N2O3/c1-12-6-3-4-9-15(12)19(2)16(24)23(18(25)22-19)11-13-7-5-8-14(10-13)26-17(20)21/h3-10,17H,11H2,1-2H3,(H,22,25). The summed E-state index contributed by atoms with van der Waals surface area (Å²) in [5, 5.41) is 2.74. The first kappa shape index (κ1) is 17.8. The van der Waals surface area contributed by atoms with E-state index in [-0.39, 0.29) is 12.3 Å². The van der Waals surface area contributed by atoms with E-state index in [1.54, 1.807) is 25.1 Å². The van der Waals surface area contributed by atoms with Crippen LogP contribution in [0.25, 0.3) is 0 Å². The molecule has 136 valence electrons. The van der Waals surface area contributed by atoms with Crippen molar-refractivity contribution in [3.63, 3.8) is 0 Å². The average molecular weight is 360 g/mol. The summed E-state index contributed by atoms with van der Waals surface area (Å²) in [5.74, 6) is -0.414. The second-order valence-electron chi connectivity index (χ2n) is 6.29. The second-order valence-corrected chi connectivity index (χ2v) is 6.29. The van der Waals surface area contributed by atoms with Gasteiger partial charge in [0.05, 0.1) is 6.54 Å². The summed E-state index contributed by atoms with van der Waals surface area (Å²) in [6.45, 7) is 0.554. The molecule has 1 unspecified atom stereocenters. The second kappa shape index (κ2) is 6.74. The molecule has 1 atom stereocenters. The summed E-state index contributed by atoms with van der Waals surface area (Å²) >= 11 is 0. The number of benzene rings is 2. The Balaban J connectivity index is 1.85. The first-order valence-electron chi connectivity index (χ1n) is 8.05. The van der Waals surface area contributed by atoms with E-state index < -0.39 is 24.1 Å². The minimum Gasteiger partial charge on any atom is -0.435 e. The van der Waals surface area contributed by atoms with Crippen LogP contribution >= 0.6 is 0 Å². The monoisotopic (exact) mass is 360 g/mol. The highest BCUT2D eigenvalue weighted by molar-refractivity contribution is 6.07. The van der Waals surface area contributed by atoms with Gasteiger partial charge in [0.1, 0.15) is 11.3 Å². The third-order valence-electron chi connectivity index (χ3n) is 4.42. The van der Waals surface area contributed by atoms with E-state index in [1.807, 2.05) is 19.1 Å². The molecule has 26 heavy (non-hydrogen) atoms. The van der Waals surface area contributed by atoms with Crippen LogP contribution in [0.15, 0.2) is 48.5 Å². The number of amides is 3. The number of imide groups is 1. The average Bonchev–Trinajstić information content (AvgIpc) is 2.79. The Morgan fingerprint density at radius 1 is 1.15 bits per heavy atom. The molecular formula is C19H18F2N2O3. The smallest absolute Gasteiger partial charge is 0.387 e. The summed E-state index contributed by atoms with van der Waals surface area (Å²) in [6.07, 6.45) is 0. The van der Waals surface area contributed by atoms with Crippen molar-refractivity contribution < 1.29 is 23.1 Å². The Morgan fingerprint density at radius 2 is 1.88 bits per heavy atom. The molecule has 0 saturated carbocycles. The first-order chi connectivity index (χ1) is 12.3. The van der Waals surface area contributed by atoms with Crippen LogP contribution in [0.5, 0.6) is 5.75 Å². The van der Waals surface area contributed by atoms with Gasteiger partial charge in [-0.3, -0.25) is 9.69 Å². The molecule has 0 aliphatic carbocycles. The lowest BCUT2D eigenvalue weighted by Crippen LogP contribution is -2.41. The van der Waals surface area contributed by atoms with E-state index in [1.165, 1.54) is 18.2 Å². The number of ether oxygens (including phenoxy) is 1. The Labute approximate surface area is 149 Å². The van der Waals surface area contributed by atoms with Crippen LogP contribution in [0.3, 0.4) is 0 Å². The van der Waals surface area contributed by atoms with Crippen LogP contribution in [0, 0.1) is 6.92 Å². The Morgan fingerprint density at radius 3 is 2.58 bits per heavy atom. The summed E-state index contributed by atoms with van der Waals surface area (Å²) in [4.78, 5) is 26.4. The number of hydrogen-bond donors (Lipinski definition) is 1. The maximum absolute atomic E-state index is 12.9. The number of nitrogens with zero attached hydrogens (tertiary/aromatic N) is 1. The highest BCUT2D eigenvalue weighted by Gasteiger charge is 2.49. The number of nitrogens with one attached hydrogen (secondary N) is 1. The normalized spacial score (nSPS) is 19.8. The topological polar surface area (TPSA) is 58.6 Å². The first-order valence-corrected chi connectivity index (χ1v) is 8.05. The molecule has 2 aromatic carbocycles. The fourth-order valence-corrected chi connectivity index (χ4v) is 3.16. The summed E-state index contributed by atoms with van der Waals surface area (Å²) < 4.78 is 29.1. The molecule has 1 heterocycles. The van der Waals surface area contributed by atoms with Crippen LogP contribution < -0.4 is 10.1 Å². The molecule has 0 radical (unpaired) electrons. The van der Waals surface area contributed by atoms with Crippen molar-refractivity contribution >= 4 is 11.9 Å². The molecule has 2 aromatic rings. The maximum Gasteiger partial charge on any atom is 0.387 e. The molecule has 1 N–H and O–H groups in total. The molecule has 1 saturated heterocycles. The van der Waals surface area contributed by atoms with Gasteiger partial charge >= 0.3 is 12.6 Å². The van der Waals surface area contributed by atoms with E-state index in [9.17, 15) is 18.4 Å². The van der Waals surface area contributed by atoms with Gasteiger partial charge in [0.15, 0.2) is 0 Å². The lowest BCUT2D eigenvalue weighted by Gasteiger charge is -2.24. The van der Waals surface area contributed by atoms with Crippen molar-refractivity contribution in [2.45, 2.75) is 32.5 Å². The minimum atomic E-state index is -2.94. The van der Waals surface area contributed by atoms with Gasteiger partial charge in [-0.15, -0.1) is 0 Å². The zero-order chi connectivity index (χ0) is 18.9. The highest BCUT2D eigenvalue weighted by atomic mass is 19.3. The fourth-order valence-electron chi connectivity index (χ4n) is 3.16.